The van der Waals surface area contributed by atoms with E-state index in [4.69, 9.17) is 44.5 Å². The van der Waals surface area contributed by atoms with Crippen LogP contribution in [0.1, 0.15) is 151 Å². The molecule has 0 amide bonds. The molecule has 8 atom stereocenters. The average molecular weight is 1950 g/mol. The third kappa shape index (κ3) is 38.3. The second-order valence-electron chi connectivity index (χ2n) is 28.0. The number of nitrogens with zero attached hydrogens (tertiary/aromatic N) is 2. The maximum atomic E-state index is 13.1. The number of alkyl halides is 12. The monoisotopic (exact) mass is 1940 g/mol. The number of hydrogen-bond donors (Lipinski definition) is 13. The van der Waals surface area contributed by atoms with Crippen molar-refractivity contribution in [2.75, 3.05) is 50.2 Å². The Hall–Kier alpha value is -14.4. The summed E-state index contributed by atoms with van der Waals surface area (Å²) in [6.07, 6.45) is -29.8. The van der Waals surface area contributed by atoms with E-state index in [1.165, 1.54) is 84.9 Å². The predicted molar refractivity (Wildman–Crippen MR) is 438 cm³/mol. The molecule has 136 heavy (non-hydrogen) atoms. The molecule has 0 radical (unpaired) electrons. The number of carbonyl (C=O) groups is 8. The first-order valence-electron chi connectivity index (χ1n) is 38.6. The average Bonchev–Trinajstić information content (AvgIpc) is 0.902. The van der Waals surface area contributed by atoms with E-state index in [0.717, 1.165) is 106 Å². The van der Waals surface area contributed by atoms with E-state index in [9.17, 15) is 142 Å². The summed E-state index contributed by atoms with van der Waals surface area (Å²) in [5, 5.41) is 80.2. The number of anilines is 2. The van der Waals surface area contributed by atoms with Crippen molar-refractivity contribution in [2.45, 2.75) is 101 Å². The van der Waals surface area contributed by atoms with Crippen molar-refractivity contribution in [3.63, 3.8) is 0 Å². The second kappa shape index (κ2) is 52.3. The number of halogens is 19. The Morgan fingerprint density at radius 2 is 0.735 bits per heavy atom. The summed E-state index contributed by atoms with van der Waals surface area (Å²) in [5.41, 5.74) is -6.32. The number of benzene rings is 9. The van der Waals surface area contributed by atoms with Gasteiger partial charge in [0.15, 0.2) is 29.7 Å². The van der Waals surface area contributed by atoms with Crippen LogP contribution in [-0.4, -0.2) is 165 Å². The molecule has 9 aromatic carbocycles. The number of rotatable bonds is 32. The smallest absolute Gasteiger partial charge is 0.416 e. The highest BCUT2D eigenvalue weighted by Gasteiger charge is 2.40. The van der Waals surface area contributed by atoms with Crippen molar-refractivity contribution >= 4 is 58.7 Å². The third-order valence-corrected chi connectivity index (χ3v) is 17.7. The van der Waals surface area contributed by atoms with Gasteiger partial charge in [-0.25, -0.2) is 60.1 Å². The number of H-pyrrole nitrogens is 4. The zero-order chi connectivity index (χ0) is 102. The number of carboxylic acid groups (broad SMARTS) is 3. The van der Waals surface area contributed by atoms with Gasteiger partial charge in [0.1, 0.15) is 66.6 Å². The number of aromatic amines is 4. The lowest BCUT2D eigenvalue weighted by Crippen LogP contribution is -2.30. The number of carbonyl (C=O) groups excluding carboxylic acids is 5. The molecule has 0 bridgehead atoms. The highest BCUT2D eigenvalue weighted by Crippen LogP contribution is 2.41. The number of hydrogen-bond acceptors (Lipinski definition) is 22. The Bertz CT molecular complexity index is 5790. The van der Waals surface area contributed by atoms with Gasteiger partial charge in [0.2, 0.25) is 24.0 Å². The summed E-state index contributed by atoms with van der Waals surface area (Å²) < 4.78 is 267. The molecule has 0 aliphatic rings. The molecule has 29 nitrogen and oxygen atoms in total. The summed E-state index contributed by atoms with van der Waals surface area (Å²) in [4.78, 5) is 115. The number of aliphatic carboxylic acids is 3. The molecular weight excluding hydrogens is 1870 g/mol. The van der Waals surface area contributed by atoms with Crippen LogP contribution in [-0.2, 0) is 67.6 Å². The van der Waals surface area contributed by atoms with Crippen LogP contribution in [0.2, 0.25) is 0 Å². The molecule has 0 aliphatic heterocycles. The van der Waals surface area contributed by atoms with E-state index in [1.54, 1.807) is 12.1 Å². The van der Waals surface area contributed by atoms with Gasteiger partial charge in [-0.15, -0.1) is 10.2 Å². The van der Waals surface area contributed by atoms with Crippen molar-refractivity contribution in [1.82, 2.24) is 30.4 Å². The third-order valence-electron chi connectivity index (χ3n) is 17.7. The van der Waals surface area contributed by atoms with Gasteiger partial charge >= 0.3 is 54.0 Å². The zero-order valence-corrected chi connectivity index (χ0v) is 70.4. The number of aromatic nitrogens is 6. The molecule has 11 aromatic rings. The van der Waals surface area contributed by atoms with E-state index in [2.05, 4.69) is 41.0 Å². The van der Waals surface area contributed by atoms with Gasteiger partial charge in [-0.3, -0.25) is 38.7 Å². The molecule has 13 N–H and O–H groups in total. The Morgan fingerprint density at radius 3 is 1.07 bits per heavy atom. The Morgan fingerprint density at radius 1 is 0.404 bits per heavy atom. The number of Topliss-reactive ketones (excluding diaryl/α,β-unsaturated/α-hetero) is 5. The molecular formula is C88H79F19N8O21. The number of aliphatic hydroxyl groups is 4. The molecule has 730 valence electrons. The quantitative estimate of drug-likeness (QED) is 0.00806. The fourth-order valence-electron chi connectivity index (χ4n) is 10.7. The summed E-state index contributed by atoms with van der Waals surface area (Å²) >= 11 is 0. The van der Waals surface area contributed by atoms with Crippen molar-refractivity contribution in [2.24, 2.45) is 0 Å². The lowest BCUT2D eigenvalue weighted by molar-refractivity contribution is -0.216. The largest absolute Gasteiger partial charge is 0.481 e. The molecule has 2 aromatic heterocycles. The SMILES string of the molecule is CC(=O)CO[C@@H](O[C@H](C)c1cc(C(F)(F)F)cc(C(F)(F)F)c1)C(=O)c1ccc(F)cc1.CC(=O)CO[C@@H](O[C@H](C)c1cc(C(F)(F)F)cc(C(F)(F)F)c1)C(O)c1ccc(F)cc1.O=C(CO)c1ccc(F)cc1.O=C(O)C(=O)c1ccc(F)cc1.O=C(O)C(CNc1n[nH]c(=O)[nH]1)c1ccc(F)cc1.O=C(O)C(O)c1ccc(F)cc1.O=c1[nH]nc(NCC(CO)c2ccc(F)cc2)[nH]1. The van der Waals surface area contributed by atoms with Crippen molar-refractivity contribution in [3.05, 3.63) is 340 Å². The van der Waals surface area contributed by atoms with Crippen LogP contribution in [0, 0.1) is 40.7 Å². The van der Waals surface area contributed by atoms with E-state index < -0.39 is 208 Å². The number of ether oxygens (including phenoxy) is 4. The first-order valence-corrected chi connectivity index (χ1v) is 38.6. The van der Waals surface area contributed by atoms with E-state index in [0.29, 0.717) is 47.9 Å². The van der Waals surface area contributed by atoms with Crippen LogP contribution in [0.5, 0.6) is 0 Å². The zero-order valence-electron chi connectivity index (χ0n) is 70.4. The maximum Gasteiger partial charge on any atom is 0.416 e. The molecule has 0 fully saturated rings. The highest BCUT2D eigenvalue weighted by atomic mass is 19.4. The number of aliphatic hydroxyl groups excluding tert-OH is 4. The Balaban J connectivity index is 0.000000291. The summed E-state index contributed by atoms with van der Waals surface area (Å²) in [5.74, 6) is -11.3. The van der Waals surface area contributed by atoms with Gasteiger partial charge in [-0.05, 0) is 219 Å². The van der Waals surface area contributed by atoms with E-state index in [1.807, 2.05) is 0 Å². The molecule has 48 heteroatoms. The van der Waals surface area contributed by atoms with Gasteiger partial charge in [0.25, 0.3) is 5.78 Å². The number of ketones is 5. The van der Waals surface area contributed by atoms with E-state index in [-0.39, 0.29) is 71.0 Å². The van der Waals surface area contributed by atoms with Crippen LogP contribution in [0.25, 0.3) is 0 Å². The molecule has 0 aliphatic carbocycles. The standard InChI is InChI=1S/C21H19F7O4.C21H17F7O4.C11H11FN4O3.C11H13FN4O2.C8H7FO3.C8H5FO3.C8H7FO2/c2*1-11(29)10-31-19(18(30)13-3-5-17(22)6-4-13)32-12(2)14-7-15(20(23,24)25)9-16(8-14)21(26,27)28;12-7-3-1-6(2-4-7)8(9(17)18)5-13-10-14-11(19)16-15-10;12-9-3-1-7(2-4-9)8(6-17)5-13-10-14-11(18)16-15-10;2*9-6-3-1-5(2-4-6)7(10)8(11)12;9-7-3-1-6(2-4-7)8(11)5-10/h3-9,12,18-19,30H,10H2,1-2H3;3-9,12,19H,10H2,1-2H3;1-4,8H,5H2,(H,17,18)(H3,13,14,15,16,19);1-4,8,17H,5-6H2,(H3,13,14,15,16,18);1-4,7,10H,(H,11,12);1-4H,(H,11,12);1-4,10H,5H2/t12-,18?,19+;12-,19+;;;;;/m11...../s1. The minimum Gasteiger partial charge on any atom is -0.481 e. The normalized spacial score (nSPS) is 13.0. The lowest BCUT2D eigenvalue weighted by Gasteiger charge is -2.27. The summed E-state index contributed by atoms with van der Waals surface area (Å²) in [6, 6.07) is 35.5. The van der Waals surface area contributed by atoms with Gasteiger partial charge in [0.05, 0.1) is 47.0 Å². The van der Waals surface area contributed by atoms with Crippen LogP contribution in [0.15, 0.2) is 216 Å². The van der Waals surface area contributed by atoms with Crippen LogP contribution in [0.3, 0.4) is 0 Å². The fourth-order valence-corrected chi connectivity index (χ4v) is 10.7. The molecule has 0 saturated carbocycles. The minimum absolute atomic E-state index is 0.0156. The summed E-state index contributed by atoms with van der Waals surface area (Å²) in [6.45, 7) is 3.18. The van der Waals surface area contributed by atoms with Crippen LogP contribution in [0.4, 0.5) is 95.3 Å². The fraction of sp³-hybridized carbons (Fsp3) is 0.250. The van der Waals surface area contributed by atoms with E-state index >= 15 is 0 Å². The van der Waals surface area contributed by atoms with Gasteiger partial charge in [-0.2, -0.15) is 52.7 Å². The van der Waals surface area contributed by atoms with Crippen LogP contribution < -0.4 is 22.0 Å². The van der Waals surface area contributed by atoms with Gasteiger partial charge < -0.3 is 65.3 Å². The topological polar surface area (TPSA) is 462 Å². The molecule has 0 saturated heterocycles. The molecule has 0 spiro atoms. The number of carboxylic acids is 3. The Labute approximate surface area is 754 Å². The molecule has 2 heterocycles. The first-order chi connectivity index (χ1) is 63.6. The Kier molecular flexibility index (Phi) is 43.1. The minimum atomic E-state index is -5.07. The van der Waals surface area contributed by atoms with Gasteiger partial charge in [0, 0.05) is 35.7 Å². The highest BCUT2D eigenvalue weighted by molar-refractivity contribution is 6.39. The maximum absolute atomic E-state index is 13.1. The van der Waals surface area contributed by atoms with Crippen LogP contribution >= 0.6 is 0 Å². The second-order valence-corrected chi connectivity index (χ2v) is 28.0. The molecule has 4 unspecified atom stereocenters. The summed E-state index contributed by atoms with van der Waals surface area (Å²) in [7, 11) is 0. The van der Waals surface area contributed by atoms with Crippen molar-refractivity contribution in [1.29, 1.82) is 0 Å². The van der Waals surface area contributed by atoms with Gasteiger partial charge in [-0.1, -0.05) is 48.5 Å². The van der Waals surface area contributed by atoms with Crippen molar-refractivity contribution < 1.29 is 176 Å². The predicted octanol–water partition coefficient (Wildman–Crippen LogP) is 15.3. The molecule has 11 rings (SSSR count). The lowest BCUT2D eigenvalue weighted by atomic mass is 9.99. The van der Waals surface area contributed by atoms with Crippen molar-refractivity contribution in [3.8, 4) is 0 Å². The first kappa shape index (κ1) is 112. The number of nitrogens with one attached hydrogen (secondary N) is 6.